The van der Waals surface area contributed by atoms with E-state index >= 15 is 4.11 Å². The Labute approximate surface area is 135 Å². The summed E-state index contributed by atoms with van der Waals surface area (Å²) in [5.74, 6) is 0. The van der Waals surface area contributed by atoms with Crippen molar-refractivity contribution in [3.63, 3.8) is 0 Å². The molecule has 0 aliphatic heterocycles. The third-order valence-corrected chi connectivity index (χ3v) is 9.50. The molecule has 1 aromatic heterocycles. The monoisotopic (exact) mass is 330 g/mol. The van der Waals surface area contributed by atoms with E-state index in [-0.39, 0.29) is 6.73 Å². The first-order valence-electron chi connectivity index (χ1n) is 7.75. The molecule has 1 aromatic rings. The molecule has 1 heterocycles. The van der Waals surface area contributed by atoms with Gasteiger partial charge in [0.15, 0.2) is 0 Å². The van der Waals surface area contributed by atoms with E-state index in [1.54, 1.807) is 18.0 Å². The van der Waals surface area contributed by atoms with E-state index in [2.05, 4.69) is 5.10 Å². The Kier molecular flexibility index (Phi) is 5.98. The van der Waals surface area contributed by atoms with Gasteiger partial charge >= 0.3 is 8.41 Å². The van der Waals surface area contributed by atoms with E-state index in [1.165, 1.54) is 0 Å². The number of aryl methyl sites for hydroxylation is 1. The maximum Gasteiger partial charge on any atom is 0.306 e. The fourth-order valence-corrected chi connectivity index (χ4v) is 7.91. The molecule has 0 atom stereocenters. The minimum atomic E-state index is -3.34. The van der Waals surface area contributed by atoms with Crippen LogP contribution in [-0.2, 0) is 16.2 Å². The molecule has 1 rings (SSSR count). The molecule has 0 aliphatic carbocycles. The van der Waals surface area contributed by atoms with Gasteiger partial charge in [-0.15, -0.1) is 0 Å². The van der Waals surface area contributed by atoms with Crippen molar-refractivity contribution in [2.45, 2.75) is 65.3 Å². The molecule has 0 bridgehead atoms. The molecular formula is C16H31FN2O2Si. The zero-order chi connectivity index (χ0) is 17.2. The van der Waals surface area contributed by atoms with Crippen LogP contribution in [0, 0.1) is 6.92 Å². The van der Waals surface area contributed by atoms with Crippen molar-refractivity contribution >= 4 is 13.7 Å². The number of methoxy groups -OCH3 is 1. The highest BCUT2D eigenvalue weighted by atomic mass is 28.4. The number of hydrogen-bond donors (Lipinski definition) is 0. The van der Waals surface area contributed by atoms with Crippen molar-refractivity contribution < 1.29 is 13.6 Å². The molecule has 0 unspecified atom stereocenters. The summed E-state index contributed by atoms with van der Waals surface area (Å²) in [4.78, 5) is 0. The summed E-state index contributed by atoms with van der Waals surface area (Å²) in [6, 6.07) is 0. The minimum Gasteiger partial charge on any atom is -0.382 e. The van der Waals surface area contributed by atoms with E-state index in [1.807, 2.05) is 48.5 Å². The van der Waals surface area contributed by atoms with Crippen molar-refractivity contribution in [1.82, 2.24) is 9.78 Å². The molecule has 128 valence electrons. The van der Waals surface area contributed by atoms with Crippen LogP contribution in [0.3, 0.4) is 0 Å². The van der Waals surface area contributed by atoms with Gasteiger partial charge < -0.3 is 13.6 Å². The summed E-state index contributed by atoms with van der Waals surface area (Å²) in [5.41, 5.74) is 0.911. The largest absolute Gasteiger partial charge is 0.382 e. The van der Waals surface area contributed by atoms with Crippen LogP contribution < -0.4 is 5.32 Å². The molecular weight excluding hydrogens is 299 g/mol. The van der Waals surface area contributed by atoms with Crippen LogP contribution in [0.5, 0.6) is 0 Å². The van der Waals surface area contributed by atoms with Crippen molar-refractivity contribution in [3.05, 3.63) is 11.8 Å². The van der Waals surface area contributed by atoms with Gasteiger partial charge in [0.2, 0.25) is 0 Å². The van der Waals surface area contributed by atoms with Gasteiger partial charge in [0.1, 0.15) is 6.73 Å². The standard InChI is InChI=1S/C16H31FN2O2Si/c1-13-11-18-19(12-21-10-9-20-8)14(13)22(17,15(2,3)4)16(5,6)7/h11H,9-10,12H2,1-8H3. The summed E-state index contributed by atoms with van der Waals surface area (Å²) >= 11 is 0. The molecule has 0 aliphatic rings. The number of aromatic nitrogens is 2. The fourth-order valence-electron chi connectivity index (χ4n) is 3.15. The Morgan fingerprint density at radius 1 is 1.14 bits per heavy atom. The van der Waals surface area contributed by atoms with Crippen LogP contribution in [-0.4, -0.2) is 38.5 Å². The number of ether oxygens (including phenoxy) is 2. The Hall–Kier alpha value is -0.723. The van der Waals surface area contributed by atoms with Gasteiger partial charge in [-0.25, -0.2) is 4.68 Å². The van der Waals surface area contributed by atoms with Crippen molar-refractivity contribution in [1.29, 1.82) is 0 Å². The van der Waals surface area contributed by atoms with Gasteiger partial charge in [-0.05, 0) is 22.6 Å². The maximum atomic E-state index is 16.5. The molecule has 4 nitrogen and oxygen atoms in total. The summed E-state index contributed by atoms with van der Waals surface area (Å²) in [7, 11) is -1.71. The van der Waals surface area contributed by atoms with E-state index in [4.69, 9.17) is 9.47 Å². The molecule has 22 heavy (non-hydrogen) atoms. The lowest BCUT2D eigenvalue weighted by molar-refractivity contribution is 0.0299. The van der Waals surface area contributed by atoms with Crippen LogP contribution in [0.25, 0.3) is 0 Å². The van der Waals surface area contributed by atoms with Crippen molar-refractivity contribution in [3.8, 4) is 0 Å². The van der Waals surface area contributed by atoms with Crippen LogP contribution in [0.2, 0.25) is 10.1 Å². The molecule has 0 saturated heterocycles. The predicted octanol–water partition coefficient (Wildman–Crippen LogP) is 3.53. The molecule has 0 amide bonds. The molecule has 0 saturated carbocycles. The molecule has 0 aromatic carbocycles. The Morgan fingerprint density at radius 3 is 2.14 bits per heavy atom. The summed E-state index contributed by atoms with van der Waals surface area (Å²) < 4.78 is 28.7. The summed E-state index contributed by atoms with van der Waals surface area (Å²) in [6.07, 6.45) is 1.74. The Morgan fingerprint density at radius 2 is 1.68 bits per heavy atom. The third kappa shape index (κ3) is 3.60. The lowest BCUT2D eigenvalue weighted by Crippen LogP contribution is -2.61. The topological polar surface area (TPSA) is 36.3 Å². The van der Waals surface area contributed by atoms with Crippen LogP contribution in [0.4, 0.5) is 4.11 Å². The lowest BCUT2D eigenvalue weighted by atomic mass is 10.2. The molecule has 0 spiro atoms. The number of halogens is 1. The van der Waals surface area contributed by atoms with Gasteiger partial charge in [0.25, 0.3) is 0 Å². The maximum absolute atomic E-state index is 16.5. The second kappa shape index (κ2) is 6.80. The van der Waals surface area contributed by atoms with Gasteiger partial charge in [-0.2, -0.15) is 5.10 Å². The number of hydrogen-bond acceptors (Lipinski definition) is 3. The second-order valence-electron chi connectivity index (χ2n) is 7.86. The molecule has 0 fully saturated rings. The first-order valence-corrected chi connectivity index (χ1v) is 9.63. The zero-order valence-corrected chi connectivity index (χ0v) is 16.3. The summed E-state index contributed by atoms with van der Waals surface area (Å²) in [6.45, 7) is 15.2. The van der Waals surface area contributed by atoms with Crippen molar-refractivity contribution in [2.24, 2.45) is 0 Å². The molecule has 6 heteroatoms. The van der Waals surface area contributed by atoms with E-state index < -0.39 is 18.5 Å². The first kappa shape index (κ1) is 19.3. The highest BCUT2D eigenvalue weighted by Crippen LogP contribution is 2.51. The first-order chi connectivity index (χ1) is 9.96. The number of rotatable bonds is 6. The number of nitrogens with zero attached hydrogens (tertiary/aromatic N) is 2. The lowest BCUT2D eigenvalue weighted by Gasteiger charge is -2.44. The van der Waals surface area contributed by atoms with Gasteiger partial charge in [-0.1, -0.05) is 41.5 Å². The fraction of sp³-hybridized carbons (Fsp3) is 0.812. The third-order valence-electron chi connectivity index (χ3n) is 4.06. The van der Waals surface area contributed by atoms with Crippen LogP contribution >= 0.6 is 0 Å². The average molecular weight is 331 g/mol. The van der Waals surface area contributed by atoms with E-state index in [0.29, 0.717) is 13.2 Å². The Bertz CT molecular complexity index is 475. The van der Waals surface area contributed by atoms with Crippen molar-refractivity contribution in [2.75, 3.05) is 20.3 Å². The van der Waals surface area contributed by atoms with Gasteiger partial charge in [0, 0.05) is 7.11 Å². The Balaban J connectivity index is 3.24. The second-order valence-corrected chi connectivity index (χ2v) is 12.7. The van der Waals surface area contributed by atoms with E-state index in [0.717, 1.165) is 10.9 Å². The average Bonchev–Trinajstić information content (AvgIpc) is 2.72. The van der Waals surface area contributed by atoms with Crippen LogP contribution in [0.15, 0.2) is 6.20 Å². The molecule has 0 radical (unpaired) electrons. The quantitative estimate of drug-likeness (QED) is 0.455. The molecule has 0 N–H and O–H groups in total. The SMILES string of the molecule is COCCOCn1ncc(C)c1[Si](F)(C(C)(C)C)C(C)(C)C. The summed E-state index contributed by atoms with van der Waals surface area (Å²) in [5, 5.41) is 4.23. The van der Waals surface area contributed by atoms with Gasteiger partial charge in [0.05, 0.1) is 24.7 Å². The van der Waals surface area contributed by atoms with Crippen LogP contribution in [0.1, 0.15) is 47.1 Å². The van der Waals surface area contributed by atoms with E-state index in [9.17, 15) is 0 Å². The highest BCUT2D eigenvalue weighted by Gasteiger charge is 2.59. The smallest absolute Gasteiger partial charge is 0.306 e. The highest BCUT2D eigenvalue weighted by molar-refractivity contribution is 6.90. The normalized spacial score (nSPS) is 13.7. The zero-order valence-electron chi connectivity index (χ0n) is 15.3. The predicted molar refractivity (Wildman–Crippen MR) is 90.7 cm³/mol. The van der Waals surface area contributed by atoms with Gasteiger partial charge in [-0.3, -0.25) is 0 Å². The minimum absolute atomic E-state index is 0.261.